The molecule has 1 saturated carbocycles. The smallest absolute Gasteiger partial charge is 0.129 e. The molecule has 1 atom stereocenters. The van der Waals surface area contributed by atoms with Crippen LogP contribution in [0, 0.1) is 6.92 Å². The number of aromatic nitrogens is 4. The highest BCUT2D eigenvalue weighted by molar-refractivity contribution is 5.91. The van der Waals surface area contributed by atoms with Crippen LogP contribution in [0.5, 0.6) is 0 Å². The molecule has 2 aliphatic heterocycles. The van der Waals surface area contributed by atoms with E-state index in [1.54, 1.807) is 12.3 Å². The van der Waals surface area contributed by atoms with Crippen molar-refractivity contribution in [1.29, 1.82) is 0 Å². The van der Waals surface area contributed by atoms with Crippen LogP contribution in [0.4, 0.5) is 0 Å². The second-order valence-electron chi connectivity index (χ2n) is 8.80. The number of aryl methyl sites for hydroxylation is 1. The third kappa shape index (κ3) is 2.90. The minimum atomic E-state index is -1.05. The summed E-state index contributed by atoms with van der Waals surface area (Å²) in [5.74, 6) is 0.523. The van der Waals surface area contributed by atoms with E-state index in [0.717, 1.165) is 39.1 Å². The van der Waals surface area contributed by atoms with Gasteiger partial charge in [0.1, 0.15) is 11.9 Å². The van der Waals surface area contributed by atoms with E-state index in [9.17, 15) is 5.11 Å². The average molecular weight is 412 g/mol. The van der Waals surface area contributed by atoms with Gasteiger partial charge in [0.2, 0.25) is 0 Å². The van der Waals surface area contributed by atoms with Crippen LogP contribution >= 0.6 is 0 Å². The predicted octanol–water partition coefficient (Wildman–Crippen LogP) is 4.63. The zero-order valence-corrected chi connectivity index (χ0v) is 17.5. The molecule has 1 unspecified atom stereocenters. The first-order valence-electron chi connectivity index (χ1n) is 11.0. The van der Waals surface area contributed by atoms with Crippen LogP contribution in [-0.4, -0.2) is 24.9 Å². The van der Waals surface area contributed by atoms with Gasteiger partial charge >= 0.3 is 0 Å². The van der Waals surface area contributed by atoms with Crippen molar-refractivity contribution in [3.63, 3.8) is 0 Å². The summed E-state index contributed by atoms with van der Waals surface area (Å²) >= 11 is 0. The normalized spacial score (nSPS) is 20.7. The Morgan fingerprint density at radius 1 is 1.10 bits per heavy atom. The Bertz CT molecular complexity index is 1300. The van der Waals surface area contributed by atoms with Gasteiger partial charge in [-0.25, -0.2) is 0 Å². The SMILES string of the molecule is Cc1cccc(-c2nn3c(c2-c2ccc4nccc(C(N)O)c4c2)C2CCC3CC2)n1. The maximum atomic E-state index is 10.1. The summed E-state index contributed by atoms with van der Waals surface area (Å²) < 4.78 is 2.28. The number of rotatable bonds is 3. The summed E-state index contributed by atoms with van der Waals surface area (Å²) in [6, 6.07) is 14.6. The lowest BCUT2D eigenvalue weighted by Crippen LogP contribution is -2.28. The minimum Gasteiger partial charge on any atom is -0.375 e. The van der Waals surface area contributed by atoms with Crippen LogP contribution in [0.1, 0.15) is 60.8 Å². The fraction of sp³-hybridized carbons (Fsp3) is 0.320. The molecule has 4 aromatic rings. The van der Waals surface area contributed by atoms with E-state index in [-0.39, 0.29) is 0 Å². The summed E-state index contributed by atoms with van der Waals surface area (Å²) in [5.41, 5.74) is 13.8. The van der Waals surface area contributed by atoms with Crippen LogP contribution in [-0.2, 0) is 0 Å². The van der Waals surface area contributed by atoms with Gasteiger partial charge in [-0.2, -0.15) is 5.10 Å². The number of hydrogen-bond donors (Lipinski definition) is 2. The Kier molecular flexibility index (Phi) is 4.20. The molecule has 6 heteroatoms. The van der Waals surface area contributed by atoms with Crippen molar-refractivity contribution in [2.75, 3.05) is 0 Å². The number of nitrogens with zero attached hydrogens (tertiary/aromatic N) is 4. The highest BCUT2D eigenvalue weighted by Crippen LogP contribution is 2.50. The van der Waals surface area contributed by atoms with Crippen molar-refractivity contribution < 1.29 is 5.11 Å². The lowest BCUT2D eigenvalue weighted by atomic mass is 9.77. The van der Waals surface area contributed by atoms with Gasteiger partial charge in [0.25, 0.3) is 0 Å². The highest BCUT2D eigenvalue weighted by atomic mass is 16.3. The van der Waals surface area contributed by atoms with E-state index in [2.05, 4.69) is 21.8 Å². The van der Waals surface area contributed by atoms with Gasteiger partial charge in [-0.3, -0.25) is 14.6 Å². The van der Waals surface area contributed by atoms with Gasteiger partial charge in [-0.1, -0.05) is 12.1 Å². The molecule has 0 spiro atoms. The van der Waals surface area contributed by atoms with E-state index in [1.807, 2.05) is 31.2 Å². The molecule has 1 fully saturated rings. The molecule has 7 rings (SSSR count). The van der Waals surface area contributed by atoms with Gasteiger partial charge in [0.15, 0.2) is 0 Å². The Morgan fingerprint density at radius 2 is 1.94 bits per heavy atom. The molecule has 2 bridgehead atoms. The van der Waals surface area contributed by atoms with Crippen LogP contribution in [0.25, 0.3) is 33.4 Å². The van der Waals surface area contributed by atoms with Crippen molar-refractivity contribution in [3.05, 3.63) is 65.6 Å². The molecule has 0 amide bonds. The van der Waals surface area contributed by atoms with E-state index in [0.29, 0.717) is 17.5 Å². The molecule has 156 valence electrons. The van der Waals surface area contributed by atoms with Crippen molar-refractivity contribution in [1.82, 2.24) is 19.7 Å². The zero-order chi connectivity index (χ0) is 21.1. The Balaban J connectivity index is 1.64. The number of aliphatic hydroxyl groups excluding tert-OH is 1. The van der Waals surface area contributed by atoms with Crippen molar-refractivity contribution in [2.24, 2.45) is 5.73 Å². The fourth-order valence-corrected chi connectivity index (χ4v) is 5.43. The van der Waals surface area contributed by atoms with Crippen LogP contribution in [0.3, 0.4) is 0 Å². The van der Waals surface area contributed by atoms with Crippen molar-refractivity contribution >= 4 is 10.9 Å². The van der Waals surface area contributed by atoms with E-state index in [4.69, 9.17) is 15.8 Å². The van der Waals surface area contributed by atoms with Crippen LogP contribution in [0.15, 0.2) is 48.7 Å². The van der Waals surface area contributed by atoms with Crippen LogP contribution in [0.2, 0.25) is 0 Å². The standard InChI is InChI=1S/C25H25N5O/c1-14-3-2-4-21(28-14)23-22(24-15-5-8-17(9-6-15)30(24)29-23)16-7-10-20-19(13-16)18(25(26)31)11-12-27-20/h2-4,7,10-13,15,17,25,31H,5-6,8-9,26H2,1H3. The van der Waals surface area contributed by atoms with Gasteiger partial charge < -0.3 is 10.8 Å². The summed E-state index contributed by atoms with van der Waals surface area (Å²) in [4.78, 5) is 9.27. The van der Waals surface area contributed by atoms with Gasteiger partial charge in [0.05, 0.1) is 22.9 Å². The molecule has 5 heterocycles. The minimum absolute atomic E-state index is 0.473. The molecule has 0 radical (unpaired) electrons. The molecule has 0 saturated heterocycles. The second-order valence-corrected chi connectivity index (χ2v) is 8.80. The van der Waals surface area contributed by atoms with E-state index < -0.39 is 6.23 Å². The molecule has 3 aromatic heterocycles. The Labute approximate surface area is 180 Å². The first-order valence-corrected chi connectivity index (χ1v) is 11.0. The molecule has 6 nitrogen and oxygen atoms in total. The molecule has 3 aliphatic rings. The lowest BCUT2D eigenvalue weighted by molar-refractivity contribution is 0.188. The van der Waals surface area contributed by atoms with Crippen molar-refractivity contribution in [2.45, 2.75) is 50.8 Å². The summed E-state index contributed by atoms with van der Waals surface area (Å²) in [5, 5.41) is 16.1. The summed E-state index contributed by atoms with van der Waals surface area (Å²) in [6.45, 7) is 2.01. The monoisotopic (exact) mass is 411 g/mol. The predicted molar refractivity (Wildman–Crippen MR) is 120 cm³/mol. The highest BCUT2D eigenvalue weighted by Gasteiger charge is 2.38. The van der Waals surface area contributed by atoms with Gasteiger partial charge in [-0.15, -0.1) is 0 Å². The number of aliphatic hydroxyl groups is 1. The van der Waals surface area contributed by atoms with E-state index >= 15 is 0 Å². The van der Waals surface area contributed by atoms with Crippen molar-refractivity contribution in [3.8, 4) is 22.5 Å². The Morgan fingerprint density at radius 3 is 2.71 bits per heavy atom. The number of hydrogen-bond acceptors (Lipinski definition) is 5. The largest absolute Gasteiger partial charge is 0.375 e. The molecular weight excluding hydrogens is 386 g/mol. The van der Waals surface area contributed by atoms with E-state index in [1.165, 1.54) is 31.4 Å². The quantitative estimate of drug-likeness (QED) is 0.480. The van der Waals surface area contributed by atoms with Crippen LogP contribution < -0.4 is 5.73 Å². The average Bonchev–Trinajstić information content (AvgIpc) is 3.22. The second kappa shape index (κ2) is 6.97. The first kappa shape index (κ1) is 18.7. The Hall–Kier alpha value is -3.09. The third-order valence-electron chi connectivity index (χ3n) is 6.89. The molecule has 1 aromatic carbocycles. The molecular formula is C25H25N5O. The number of nitrogens with two attached hydrogens (primary N) is 1. The number of pyridine rings is 2. The topological polar surface area (TPSA) is 89.9 Å². The lowest BCUT2D eigenvalue weighted by Gasteiger charge is -2.37. The van der Waals surface area contributed by atoms with Gasteiger partial charge in [-0.05, 0) is 68.5 Å². The third-order valence-corrected chi connectivity index (χ3v) is 6.89. The zero-order valence-electron chi connectivity index (χ0n) is 17.5. The molecule has 31 heavy (non-hydrogen) atoms. The molecule has 3 N–H and O–H groups in total. The number of fused-ring (bicyclic) bond motifs is 3. The maximum Gasteiger partial charge on any atom is 0.129 e. The number of benzene rings is 1. The van der Waals surface area contributed by atoms with Gasteiger partial charge in [0, 0.05) is 34.3 Å². The molecule has 1 aliphatic carbocycles. The fourth-order valence-electron chi connectivity index (χ4n) is 5.43. The maximum absolute atomic E-state index is 10.1. The summed E-state index contributed by atoms with van der Waals surface area (Å²) in [6.07, 6.45) is 5.47. The first-order chi connectivity index (χ1) is 15.1. The summed E-state index contributed by atoms with van der Waals surface area (Å²) in [7, 11) is 0.